The largest absolute Gasteiger partial charge is 0.390 e. The predicted octanol–water partition coefficient (Wildman–Crippen LogP) is 1.88. The number of aryl methyl sites for hydroxylation is 1. The van der Waals surface area contributed by atoms with E-state index in [1.807, 2.05) is 23.8 Å². The van der Waals surface area contributed by atoms with E-state index in [9.17, 15) is 13.5 Å². The maximum Gasteiger partial charge on any atom is 0.244 e. The molecule has 0 spiro atoms. The van der Waals surface area contributed by atoms with Crippen molar-refractivity contribution in [1.82, 2.24) is 8.87 Å². The van der Waals surface area contributed by atoms with Gasteiger partial charge in [0, 0.05) is 32.0 Å². The van der Waals surface area contributed by atoms with Gasteiger partial charge in [0.05, 0.1) is 6.61 Å². The molecule has 0 atom stereocenters. The molecule has 2 rings (SSSR count). The van der Waals surface area contributed by atoms with Crippen LogP contribution in [-0.4, -0.2) is 29.4 Å². The van der Waals surface area contributed by atoms with Gasteiger partial charge in [-0.05, 0) is 35.4 Å². The number of aliphatic hydroxyl groups excluding tert-OH is 1. The van der Waals surface area contributed by atoms with E-state index in [-0.39, 0.29) is 11.5 Å². The number of nitrogens with zero attached hydrogens (tertiary/aromatic N) is 2. The van der Waals surface area contributed by atoms with Crippen LogP contribution in [0.1, 0.15) is 18.2 Å². The highest BCUT2D eigenvalue weighted by Crippen LogP contribution is 2.20. The van der Waals surface area contributed by atoms with E-state index in [1.54, 1.807) is 29.1 Å². The van der Waals surface area contributed by atoms with Crippen LogP contribution in [0.4, 0.5) is 0 Å². The first-order valence-corrected chi connectivity index (χ1v) is 8.64. The third-order valence-electron chi connectivity index (χ3n) is 3.16. The number of rotatable bonds is 6. The van der Waals surface area contributed by atoms with E-state index < -0.39 is 10.0 Å². The monoisotopic (exact) mass is 314 g/mol. The number of aliphatic hydroxyl groups is 1. The lowest BCUT2D eigenvalue weighted by Gasteiger charge is -2.15. The zero-order chi connectivity index (χ0) is 14.8. The molecule has 5 nitrogen and oxygen atoms in total. The first kappa shape index (κ1) is 15.2. The molecule has 2 aromatic rings. The molecule has 0 aromatic carbocycles. The quantitative estimate of drug-likeness (QED) is 0.885. The second kappa shape index (κ2) is 6.09. The smallest absolute Gasteiger partial charge is 0.244 e. The molecule has 0 fully saturated rings. The summed E-state index contributed by atoms with van der Waals surface area (Å²) < 4.78 is 28.0. The number of hydrogen-bond acceptors (Lipinski definition) is 4. The van der Waals surface area contributed by atoms with Crippen molar-refractivity contribution in [2.45, 2.75) is 31.5 Å². The highest BCUT2D eigenvalue weighted by Gasteiger charge is 2.23. The molecule has 1 N–H and O–H groups in total. The number of hydrogen-bond donors (Lipinski definition) is 1. The van der Waals surface area contributed by atoms with Crippen LogP contribution in [0.15, 0.2) is 34.0 Å². The van der Waals surface area contributed by atoms with Gasteiger partial charge >= 0.3 is 0 Å². The Morgan fingerprint density at radius 1 is 1.45 bits per heavy atom. The van der Waals surface area contributed by atoms with Crippen molar-refractivity contribution >= 4 is 21.4 Å². The summed E-state index contributed by atoms with van der Waals surface area (Å²) in [5, 5.41) is 13.1. The molecule has 110 valence electrons. The summed E-state index contributed by atoms with van der Waals surface area (Å²) in [7, 11) is -1.97. The summed E-state index contributed by atoms with van der Waals surface area (Å²) in [6, 6.07) is 3.44. The lowest BCUT2D eigenvalue weighted by molar-refractivity contribution is 0.271. The molecule has 7 heteroatoms. The van der Waals surface area contributed by atoms with Crippen molar-refractivity contribution in [3.8, 4) is 0 Å². The Labute approximate surface area is 123 Å². The van der Waals surface area contributed by atoms with E-state index in [1.165, 1.54) is 10.4 Å². The highest BCUT2D eigenvalue weighted by atomic mass is 32.2. The Balaban J connectivity index is 2.27. The Morgan fingerprint density at radius 2 is 2.20 bits per heavy atom. The van der Waals surface area contributed by atoms with Crippen LogP contribution in [0.2, 0.25) is 0 Å². The molecule has 20 heavy (non-hydrogen) atoms. The molecule has 0 bridgehead atoms. The fourth-order valence-corrected chi connectivity index (χ4v) is 3.88. The van der Waals surface area contributed by atoms with Crippen molar-refractivity contribution in [3.05, 3.63) is 40.3 Å². The fourth-order valence-electron chi connectivity index (χ4n) is 2.00. The third kappa shape index (κ3) is 2.95. The van der Waals surface area contributed by atoms with E-state index in [0.717, 1.165) is 5.56 Å². The normalized spacial score (nSPS) is 12.2. The van der Waals surface area contributed by atoms with Crippen LogP contribution in [0.5, 0.6) is 0 Å². The van der Waals surface area contributed by atoms with Crippen LogP contribution in [0.3, 0.4) is 0 Å². The van der Waals surface area contributed by atoms with Crippen molar-refractivity contribution in [2.24, 2.45) is 0 Å². The summed E-state index contributed by atoms with van der Waals surface area (Å²) in [6.45, 7) is 2.71. The van der Waals surface area contributed by atoms with Crippen molar-refractivity contribution in [1.29, 1.82) is 0 Å². The highest BCUT2D eigenvalue weighted by molar-refractivity contribution is 7.89. The van der Waals surface area contributed by atoms with Gasteiger partial charge in [-0.2, -0.15) is 15.6 Å². The predicted molar refractivity (Wildman–Crippen MR) is 79.0 cm³/mol. The molecule has 0 amide bonds. The Bertz CT molecular complexity index is 638. The summed E-state index contributed by atoms with van der Waals surface area (Å²) in [6.07, 6.45) is 1.57. The molecule has 2 aromatic heterocycles. The van der Waals surface area contributed by atoms with Crippen LogP contribution >= 0.6 is 11.3 Å². The average Bonchev–Trinajstić information content (AvgIpc) is 3.06. The summed E-state index contributed by atoms with van der Waals surface area (Å²) in [4.78, 5) is 0.223. The van der Waals surface area contributed by atoms with Crippen LogP contribution < -0.4 is 0 Å². The zero-order valence-corrected chi connectivity index (χ0v) is 13.1. The first-order chi connectivity index (χ1) is 9.48. The van der Waals surface area contributed by atoms with Crippen molar-refractivity contribution < 1.29 is 13.5 Å². The average molecular weight is 314 g/mol. The van der Waals surface area contributed by atoms with Crippen molar-refractivity contribution in [2.75, 3.05) is 7.05 Å². The molecular formula is C13H18N2O3S2. The SMILES string of the molecule is CCn1cc(S(=O)(=O)N(C)Cc2ccsc2)cc1CO. The molecular weight excluding hydrogens is 296 g/mol. The maximum atomic E-state index is 12.5. The summed E-state index contributed by atoms with van der Waals surface area (Å²) >= 11 is 1.54. The second-order valence-corrected chi connectivity index (χ2v) is 7.33. The van der Waals surface area contributed by atoms with E-state index in [0.29, 0.717) is 18.8 Å². The van der Waals surface area contributed by atoms with Crippen LogP contribution in [0, 0.1) is 0 Å². The number of aromatic nitrogens is 1. The van der Waals surface area contributed by atoms with Crippen LogP contribution in [-0.2, 0) is 29.7 Å². The lowest BCUT2D eigenvalue weighted by Crippen LogP contribution is -2.26. The Hall–Kier alpha value is -1.15. The second-order valence-electron chi connectivity index (χ2n) is 4.50. The first-order valence-electron chi connectivity index (χ1n) is 6.26. The van der Waals surface area contributed by atoms with E-state index in [4.69, 9.17) is 0 Å². The molecule has 0 aliphatic heterocycles. The van der Waals surface area contributed by atoms with Gasteiger partial charge in [0.2, 0.25) is 10.0 Å². The topological polar surface area (TPSA) is 62.5 Å². The van der Waals surface area contributed by atoms with Gasteiger partial charge in [-0.15, -0.1) is 0 Å². The van der Waals surface area contributed by atoms with Gasteiger partial charge in [-0.3, -0.25) is 0 Å². The Morgan fingerprint density at radius 3 is 2.70 bits per heavy atom. The van der Waals surface area contributed by atoms with E-state index >= 15 is 0 Å². The minimum absolute atomic E-state index is 0.169. The van der Waals surface area contributed by atoms with Crippen molar-refractivity contribution in [3.63, 3.8) is 0 Å². The molecule has 2 heterocycles. The molecule has 0 unspecified atom stereocenters. The van der Waals surface area contributed by atoms with Crippen LogP contribution in [0.25, 0.3) is 0 Å². The number of thiophene rings is 1. The molecule has 0 saturated carbocycles. The van der Waals surface area contributed by atoms with Gasteiger partial charge in [0.25, 0.3) is 0 Å². The summed E-state index contributed by atoms with van der Waals surface area (Å²) in [5.74, 6) is 0. The van der Waals surface area contributed by atoms with Gasteiger partial charge in [0.1, 0.15) is 4.90 Å². The minimum Gasteiger partial charge on any atom is -0.390 e. The van der Waals surface area contributed by atoms with E-state index in [2.05, 4.69) is 0 Å². The van der Waals surface area contributed by atoms with Gasteiger partial charge in [0.15, 0.2) is 0 Å². The Kier molecular flexibility index (Phi) is 4.64. The molecule has 0 aliphatic carbocycles. The van der Waals surface area contributed by atoms with Gasteiger partial charge in [-0.25, -0.2) is 8.42 Å². The zero-order valence-electron chi connectivity index (χ0n) is 11.5. The van der Waals surface area contributed by atoms with Gasteiger partial charge in [-0.1, -0.05) is 0 Å². The third-order valence-corrected chi connectivity index (χ3v) is 5.66. The molecule has 0 saturated heterocycles. The maximum absolute atomic E-state index is 12.5. The summed E-state index contributed by atoms with van der Waals surface area (Å²) in [5.41, 5.74) is 1.58. The fraction of sp³-hybridized carbons (Fsp3) is 0.385. The standard InChI is InChI=1S/C13H18N2O3S2/c1-3-15-8-13(6-12(15)9-16)20(17,18)14(2)7-11-4-5-19-10-11/h4-6,8,10,16H,3,7,9H2,1-2H3. The lowest BCUT2D eigenvalue weighted by atomic mass is 10.3. The molecule has 0 aliphatic rings. The minimum atomic E-state index is -3.53. The van der Waals surface area contributed by atoms with Gasteiger partial charge < -0.3 is 9.67 Å². The number of sulfonamides is 1. The molecule has 0 radical (unpaired) electrons.